The number of aromatic nitrogens is 3. The first-order chi connectivity index (χ1) is 14.6. The van der Waals surface area contributed by atoms with Crippen LogP contribution in [0.4, 0.5) is 0 Å². The quantitative estimate of drug-likeness (QED) is 0.557. The average Bonchev–Trinajstić information content (AvgIpc) is 3.10. The van der Waals surface area contributed by atoms with E-state index in [0.29, 0.717) is 0 Å². The molecule has 1 aliphatic heterocycles. The monoisotopic (exact) mass is 419 g/mol. The van der Waals surface area contributed by atoms with Crippen molar-refractivity contribution in [3.63, 3.8) is 0 Å². The lowest BCUT2D eigenvalue weighted by atomic mass is 10.1. The molecule has 5 nitrogen and oxygen atoms in total. The fraction of sp³-hybridized carbons (Fsp3) is 0.333. The van der Waals surface area contributed by atoms with Crippen molar-refractivity contribution in [2.45, 2.75) is 20.5 Å². The minimum absolute atomic E-state index is 0.741. The Morgan fingerprint density at radius 1 is 0.967 bits per heavy atom. The van der Waals surface area contributed by atoms with E-state index in [1.54, 1.807) is 0 Å². The van der Waals surface area contributed by atoms with Crippen molar-refractivity contribution in [2.75, 3.05) is 32.7 Å². The Kier molecular flexibility index (Phi) is 6.57. The van der Waals surface area contributed by atoms with Crippen LogP contribution in [0.15, 0.2) is 60.9 Å². The molecule has 1 saturated heterocycles. The maximum atomic E-state index is 5.71. The van der Waals surface area contributed by atoms with Crippen LogP contribution in [0.5, 0.6) is 0 Å². The third-order valence-electron chi connectivity index (χ3n) is 5.62. The zero-order valence-electron chi connectivity index (χ0n) is 17.7. The van der Waals surface area contributed by atoms with Gasteiger partial charge >= 0.3 is 0 Å². The molecule has 30 heavy (non-hydrogen) atoms. The van der Waals surface area contributed by atoms with Crippen molar-refractivity contribution >= 4 is 18.3 Å². The summed E-state index contributed by atoms with van der Waals surface area (Å²) >= 11 is 5.71. The molecule has 0 saturated carbocycles. The molecular formula is C24H29N5S. The Hall–Kier alpha value is -2.54. The molecule has 2 aromatic carbocycles. The van der Waals surface area contributed by atoms with Crippen molar-refractivity contribution in [1.29, 1.82) is 0 Å². The number of rotatable bonds is 6. The Balaban J connectivity index is 1.32. The predicted octanol–water partition coefficient (Wildman–Crippen LogP) is 4.31. The third kappa shape index (κ3) is 4.95. The van der Waals surface area contributed by atoms with Crippen molar-refractivity contribution in [3.05, 3.63) is 82.4 Å². The van der Waals surface area contributed by atoms with Gasteiger partial charge in [0.2, 0.25) is 4.77 Å². The lowest BCUT2D eigenvalue weighted by molar-refractivity contribution is 0.110. The highest BCUT2D eigenvalue weighted by Crippen LogP contribution is 2.16. The minimum Gasteiger partial charge on any atom is -0.297 e. The summed E-state index contributed by atoms with van der Waals surface area (Å²) in [4.78, 5) is 4.91. The van der Waals surface area contributed by atoms with Crippen LogP contribution in [0.25, 0.3) is 11.8 Å². The van der Waals surface area contributed by atoms with Gasteiger partial charge in [-0.1, -0.05) is 60.2 Å². The summed E-state index contributed by atoms with van der Waals surface area (Å²) in [6, 6.07) is 16.9. The van der Waals surface area contributed by atoms with Gasteiger partial charge in [-0.2, -0.15) is 5.10 Å². The fourth-order valence-corrected chi connectivity index (χ4v) is 4.13. The molecule has 1 aliphatic rings. The number of aryl methyl sites for hydroxylation is 2. The van der Waals surface area contributed by atoms with Crippen LogP contribution in [0.3, 0.4) is 0 Å². The second-order valence-electron chi connectivity index (χ2n) is 7.95. The van der Waals surface area contributed by atoms with Gasteiger partial charge < -0.3 is 0 Å². The zero-order valence-corrected chi connectivity index (χ0v) is 18.6. The maximum absolute atomic E-state index is 5.71. The van der Waals surface area contributed by atoms with Crippen LogP contribution in [-0.2, 0) is 6.67 Å². The summed E-state index contributed by atoms with van der Waals surface area (Å²) in [5.41, 5.74) is 4.83. The van der Waals surface area contributed by atoms with E-state index < -0.39 is 0 Å². The highest BCUT2D eigenvalue weighted by atomic mass is 32.1. The van der Waals surface area contributed by atoms with Gasteiger partial charge in [0.25, 0.3) is 0 Å². The lowest BCUT2D eigenvalue weighted by Gasteiger charge is -2.33. The van der Waals surface area contributed by atoms with Gasteiger partial charge in [-0.25, -0.2) is 4.68 Å². The SMILES string of the molecule is Cc1ccc(-n2cnn(CN3CCN(C/C=C/c4ccccc4)CC3)c2=S)c(C)c1. The highest BCUT2D eigenvalue weighted by Gasteiger charge is 2.17. The molecule has 1 aromatic heterocycles. The highest BCUT2D eigenvalue weighted by molar-refractivity contribution is 7.71. The topological polar surface area (TPSA) is 29.2 Å². The molecule has 0 N–H and O–H groups in total. The Labute approximate surface area is 183 Å². The van der Waals surface area contributed by atoms with Crippen molar-refractivity contribution in [2.24, 2.45) is 0 Å². The van der Waals surface area contributed by atoms with E-state index in [9.17, 15) is 0 Å². The van der Waals surface area contributed by atoms with Gasteiger partial charge in [0.05, 0.1) is 12.4 Å². The van der Waals surface area contributed by atoms with Crippen molar-refractivity contribution < 1.29 is 0 Å². The van der Waals surface area contributed by atoms with E-state index in [1.807, 2.05) is 21.6 Å². The van der Waals surface area contributed by atoms with Crippen LogP contribution in [0.1, 0.15) is 16.7 Å². The molecule has 1 fully saturated rings. The molecule has 6 heteroatoms. The van der Waals surface area contributed by atoms with Crippen LogP contribution < -0.4 is 0 Å². The molecule has 0 amide bonds. The zero-order chi connectivity index (χ0) is 20.9. The smallest absolute Gasteiger partial charge is 0.203 e. The molecule has 0 radical (unpaired) electrons. The molecule has 0 unspecified atom stereocenters. The standard InChI is InChI=1S/C24H29N5S/c1-20-10-11-23(21(2)17-20)28-18-25-29(24(28)30)19-27-15-13-26(14-16-27)12-6-9-22-7-4-3-5-8-22/h3-11,17-18H,12-16,19H2,1-2H3/b9-6+. The second-order valence-corrected chi connectivity index (χ2v) is 8.31. The summed E-state index contributed by atoms with van der Waals surface area (Å²) in [7, 11) is 0. The molecular weight excluding hydrogens is 390 g/mol. The summed E-state index contributed by atoms with van der Waals surface area (Å²) in [6.45, 7) is 10.1. The predicted molar refractivity (Wildman–Crippen MR) is 125 cm³/mol. The number of nitrogens with zero attached hydrogens (tertiary/aromatic N) is 5. The largest absolute Gasteiger partial charge is 0.297 e. The molecule has 0 atom stereocenters. The molecule has 0 aliphatic carbocycles. The summed E-state index contributed by atoms with van der Waals surface area (Å²) < 4.78 is 4.68. The Bertz CT molecular complexity index is 1060. The number of hydrogen-bond donors (Lipinski definition) is 0. The van der Waals surface area contributed by atoms with E-state index in [0.717, 1.165) is 49.9 Å². The van der Waals surface area contributed by atoms with Gasteiger partial charge in [-0.05, 0) is 43.3 Å². The van der Waals surface area contributed by atoms with Gasteiger partial charge in [0.1, 0.15) is 6.33 Å². The third-order valence-corrected chi connectivity index (χ3v) is 6.03. The van der Waals surface area contributed by atoms with Crippen LogP contribution in [-0.4, -0.2) is 56.9 Å². The first-order valence-electron chi connectivity index (χ1n) is 10.5. The summed E-state index contributed by atoms with van der Waals surface area (Å²) in [5, 5.41) is 4.56. The first-order valence-corrected chi connectivity index (χ1v) is 10.9. The Morgan fingerprint density at radius 2 is 1.70 bits per heavy atom. The van der Waals surface area contributed by atoms with Crippen molar-refractivity contribution in [1.82, 2.24) is 24.1 Å². The van der Waals surface area contributed by atoms with E-state index in [4.69, 9.17) is 12.2 Å². The van der Waals surface area contributed by atoms with Crippen molar-refractivity contribution in [3.8, 4) is 5.69 Å². The average molecular weight is 420 g/mol. The van der Waals surface area contributed by atoms with Crippen LogP contribution >= 0.6 is 12.2 Å². The summed E-state index contributed by atoms with van der Waals surface area (Å²) in [6.07, 6.45) is 6.29. The number of hydrogen-bond acceptors (Lipinski definition) is 4. The molecule has 0 spiro atoms. The molecule has 0 bridgehead atoms. The fourth-order valence-electron chi connectivity index (χ4n) is 3.88. The maximum Gasteiger partial charge on any atom is 0.203 e. The van der Waals surface area contributed by atoms with E-state index in [-0.39, 0.29) is 0 Å². The normalized spacial score (nSPS) is 15.8. The van der Waals surface area contributed by atoms with Crippen LogP contribution in [0, 0.1) is 18.6 Å². The molecule has 3 aromatic rings. The van der Waals surface area contributed by atoms with Gasteiger partial charge in [-0.15, -0.1) is 0 Å². The second kappa shape index (κ2) is 9.51. The lowest BCUT2D eigenvalue weighted by Crippen LogP contribution is -2.46. The van der Waals surface area contributed by atoms with E-state index >= 15 is 0 Å². The first kappa shape index (κ1) is 20.7. The van der Waals surface area contributed by atoms with Gasteiger partial charge in [0, 0.05) is 32.7 Å². The summed E-state index contributed by atoms with van der Waals surface area (Å²) in [5.74, 6) is 0. The molecule has 2 heterocycles. The number of piperazine rings is 1. The van der Waals surface area contributed by atoms with Crippen LogP contribution in [0.2, 0.25) is 0 Å². The minimum atomic E-state index is 0.741. The molecule has 4 rings (SSSR count). The molecule has 156 valence electrons. The van der Waals surface area contributed by atoms with Gasteiger partial charge in [0.15, 0.2) is 0 Å². The van der Waals surface area contributed by atoms with E-state index in [2.05, 4.69) is 83.4 Å². The number of benzene rings is 2. The Morgan fingerprint density at radius 3 is 2.43 bits per heavy atom. The van der Waals surface area contributed by atoms with Gasteiger partial charge in [-0.3, -0.25) is 14.4 Å². The van der Waals surface area contributed by atoms with E-state index in [1.165, 1.54) is 16.7 Å².